The zero-order valence-electron chi connectivity index (χ0n) is 19.1. The second-order valence-corrected chi connectivity index (χ2v) is 10.7. The van der Waals surface area contributed by atoms with Crippen LogP contribution in [-0.2, 0) is 14.8 Å². The Bertz CT molecular complexity index is 1130. The molecule has 0 aromatic heterocycles. The van der Waals surface area contributed by atoms with Gasteiger partial charge in [-0.15, -0.1) is 0 Å². The zero-order chi connectivity index (χ0) is 23.6. The number of rotatable bonds is 5. The van der Waals surface area contributed by atoms with Crippen LogP contribution in [0.4, 0.5) is 0 Å². The average Bonchev–Trinajstić information content (AvgIpc) is 2.84. The zero-order valence-corrected chi connectivity index (χ0v) is 19.9. The number of morpholine rings is 1. The number of benzene rings is 2. The van der Waals surface area contributed by atoms with Gasteiger partial charge in [-0.25, -0.2) is 8.42 Å². The Kier molecular flexibility index (Phi) is 6.97. The molecular weight excluding hydrogens is 440 g/mol. The standard InChI is InChI=1S/C25H30N2O5S/c1-18-3-6-20(7-4-18)24(28)21-9-11-26(12-10-21)25(29)23-17-22(8-5-19(23)2)33(30,31)27-13-15-32-16-14-27/h3-8,17,21H,9-16H2,1-2H3. The van der Waals surface area contributed by atoms with Crippen molar-refractivity contribution in [2.75, 3.05) is 39.4 Å². The Balaban J connectivity index is 1.46. The highest BCUT2D eigenvalue weighted by molar-refractivity contribution is 7.89. The first-order chi connectivity index (χ1) is 15.8. The number of hydrogen-bond donors (Lipinski definition) is 0. The molecular formula is C25H30N2O5S. The van der Waals surface area contributed by atoms with Crippen LogP contribution in [0.3, 0.4) is 0 Å². The van der Waals surface area contributed by atoms with Gasteiger partial charge < -0.3 is 9.64 Å². The Labute approximate surface area is 195 Å². The molecule has 0 N–H and O–H groups in total. The number of carbonyl (C=O) groups is 2. The first-order valence-corrected chi connectivity index (χ1v) is 12.8. The number of Topliss-reactive ketones (excluding diaryl/α,β-unsaturated/α-hetero) is 1. The molecule has 2 aromatic carbocycles. The molecule has 2 aliphatic rings. The van der Waals surface area contributed by atoms with Gasteiger partial charge >= 0.3 is 0 Å². The first kappa shape index (κ1) is 23.6. The number of piperidine rings is 1. The van der Waals surface area contributed by atoms with Gasteiger partial charge in [0, 0.05) is 43.2 Å². The third kappa shape index (κ3) is 5.03. The van der Waals surface area contributed by atoms with E-state index < -0.39 is 10.0 Å². The lowest BCUT2D eigenvalue weighted by Gasteiger charge is -2.32. The monoisotopic (exact) mass is 470 g/mol. The molecule has 2 aromatic rings. The van der Waals surface area contributed by atoms with E-state index in [1.807, 2.05) is 38.1 Å². The van der Waals surface area contributed by atoms with Crippen molar-refractivity contribution in [1.82, 2.24) is 9.21 Å². The Morgan fingerprint density at radius 3 is 2.18 bits per heavy atom. The summed E-state index contributed by atoms with van der Waals surface area (Å²) in [5, 5.41) is 0. The van der Waals surface area contributed by atoms with Crippen LogP contribution in [0.1, 0.15) is 44.7 Å². The molecule has 1 amide bonds. The molecule has 0 aliphatic carbocycles. The van der Waals surface area contributed by atoms with Crippen molar-refractivity contribution in [3.8, 4) is 0 Å². The van der Waals surface area contributed by atoms with Crippen molar-refractivity contribution in [3.05, 3.63) is 64.7 Å². The van der Waals surface area contributed by atoms with E-state index in [0.717, 1.165) is 11.1 Å². The normalized spacial score (nSPS) is 18.3. The van der Waals surface area contributed by atoms with Crippen LogP contribution < -0.4 is 0 Å². The van der Waals surface area contributed by atoms with Crippen molar-refractivity contribution < 1.29 is 22.7 Å². The molecule has 0 bridgehead atoms. The molecule has 33 heavy (non-hydrogen) atoms. The number of nitrogens with zero attached hydrogens (tertiary/aromatic N) is 2. The number of ketones is 1. The van der Waals surface area contributed by atoms with E-state index in [4.69, 9.17) is 4.74 Å². The third-order valence-corrected chi connectivity index (χ3v) is 8.43. The second kappa shape index (κ2) is 9.75. The third-order valence-electron chi connectivity index (χ3n) is 6.54. The van der Waals surface area contributed by atoms with E-state index in [-0.39, 0.29) is 22.5 Å². The quantitative estimate of drug-likeness (QED) is 0.627. The van der Waals surface area contributed by atoms with Crippen LogP contribution in [0.25, 0.3) is 0 Å². The summed E-state index contributed by atoms with van der Waals surface area (Å²) >= 11 is 0. The van der Waals surface area contributed by atoms with Gasteiger partial charge in [-0.1, -0.05) is 35.9 Å². The van der Waals surface area contributed by atoms with Gasteiger partial charge in [-0.3, -0.25) is 9.59 Å². The Morgan fingerprint density at radius 1 is 0.909 bits per heavy atom. The molecule has 176 valence electrons. The number of likely N-dealkylation sites (tertiary alicyclic amines) is 1. The summed E-state index contributed by atoms with van der Waals surface area (Å²) in [4.78, 5) is 28.0. The highest BCUT2D eigenvalue weighted by Crippen LogP contribution is 2.26. The van der Waals surface area contributed by atoms with Crippen LogP contribution >= 0.6 is 0 Å². The minimum atomic E-state index is -3.68. The topological polar surface area (TPSA) is 84.0 Å². The highest BCUT2D eigenvalue weighted by atomic mass is 32.2. The van der Waals surface area contributed by atoms with Gasteiger partial charge in [0.2, 0.25) is 10.0 Å². The Hall–Kier alpha value is -2.55. The maximum Gasteiger partial charge on any atom is 0.254 e. The number of aryl methyl sites for hydroxylation is 2. The summed E-state index contributed by atoms with van der Waals surface area (Å²) in [6.07, 6.45) is 1.20. The van der Waals surface area contributed by atoms with Gasteiger partial charge in [-0.2, -0.15) is 4.31 Å². The maximum atomic E-state index is 13.3. The lowest BCUT2D eigenvalue weighted by atomic mass is 9.88. The summed E-state index contributed by atoms with van der Waals surface area (Å²) in [5.41, 5.74) is 2.95. The summed E-state index contributed by atoms with van der Waals surface area (Å²) < 4.78 is 32.7. The van der Waals surface area contributed by atoms with Crippen molar-refractivity contribution in [1.29, 1.82) is 0 Å². The lowest BCUT2D eigenvalue weighted by Crippen LogP contribution is -2.41. The summed E-state index contributed by atoms with van der Waals surface area (Å²) in [7, 11) is -3.68. The van der Waals surface area contributed by atoms with E-state index in [1.54, 1.807) is 17.0 Å². The van der Waals surface area contributed by atoms with Gasteiger partial charge in [0.1, 0.15) is 0 Å². The van der Waals surface area contributed by atoms with Gasteiger partial charge in [0.05, 0.1) is 18.1 Å². The van der Waals surface area contributed by atoms with Crippen LogP contribution in [-0.4, -0.2) is 68.7 Å². The predicted molar refractivity (Wildman–Crippen MR) is 125 cm³/mol. The molecule has 0 radical (unpaired) electrons. The first-order valence-electron chi connectivity index (χ1n) is 11.4. The van der Waals surface area contributed by atoms with Gasteiger partial charge in [-0.05, 0) is 44.4 Å². The number of hydrogen-bond acceptors (Lipinski definition) is 5. The van der Waals surface area contributed by atoms with Crippen LogP contribution in [0.5, 0.6) is 0 Å². The molecule has 0 spiro atoms. The number of amides is 1. The van der Waals surface area contributed by atoms with Gasteiger partial charge in [0.15, 0.2) is 5.78 Å². The minimum Gasteiger partial charge on any atom is -0.379 e. The predicted octanol–water partition coefficient (Wildman–Crippen LogP) is 3.06. The SMILES string of the molecule is Cc1ccc(C(=O)C2CCN(C(=O)c3cc(S(=O)(=O)N4CCOCC4)ccc3C)CC2)cc1. The molecule has 2 aliphatic heterocycles. The molecule has 2 fully saturated rings. The maximum absolute atomic E-state index is 13.3. The van der Waals surface area contributed by atoms with E-state index >= 15 is 0 Å². The fourth-order valence-electron chi connectivity index (χ4n) is 4.40. The summed E-state index contributed by atoms with van der Waals surface area (Å²) in [6, 6.07) is 12.3. The summed E-state index contributed by atoms with van der Waals surface area (Å²) in [6.45, 7) is 6.10. The summed E-state index contributed by atoms with van der Waals surface area (Å²) in [5.74, 6) is -0.171. The minimum absolute atomic E-state index is 0.106. The van der Waals surface area contributed by atoms with Crippen molar-refractivity contribution in [2.45, 2.75) is 31.6 Å². The van der Waals surface area contributed by atoms with Crippen molar-refractivity contribution >= 4 is 21.7 Å². The van der Waals surface area contributed by atoms with E-state index in [9.17, 15) is 18.0 Å². The molecule has 7 nitrogen and oxygen atoms in total. The van der Waals surface area contributed by atoms with Crippen LogP contribution in [0.15, 0.2) is 47.4 Å². The molecule has 0 saturated carbocycles. The Morgan fingerprint density at radius 2 is 1.55 bits per heavy atom. The molecule has 0 unspecified atom stereocenters. The molecule has 0 atom stereocenters. The molecule has 4 rings (SSSR count). The number of ether oxygens (including phenoxy) is 1. The van der Waals surface area contributed by atoms with Crippen LogP contribution in [0, 0.1) is 19.8 Å². The van der Waals surface area contributed by atoms with Crippen LogP contribution in [0.2, 0.25) is 0 Å². The van der Waals surface area contributed by atoms with E-state index in [0.29, 0.717) is 63.4 Å². The molecule has 2 saturated heterocycles. The second-order valence-electron chi connectivity index (χ2n) is 8.79. The fraction of sp³-hybridized carbons (Fsp3) is 0.440. The number of carbonyl (C=O) groups excluding carboxylic acids is 2. The molecule has 2 heterocycles. The largest absolute Gasteiger partial charge is 0.379 e. The lowest BCUT2D eigenvalue weighted by molar-refractivity contribution is 0.0649. The van der Waals surface area contributed by atoms with E-state index in [1.165, 1.54) is 10.4 Å². The fourth-order valence-corrected chi connectivity index (χ4v) is 5.83. The van der Waals surface area contributed by atoms with E-state index in [2.05, 4.69) is 0 Å². The van der Waals surface area contributed by atoms with Crippen molar-refractivity contribution in [3.63, 3.8) is 0 Å². The smallest absolute Gasteiger partial charge is 0.254 e. The average molecular weight is 471 g/mol. The number of sulfonamides is 1. The molecule has 8 heteroatoms. The van der Waals surface area contributed by atoms with Gasteiger partial charge in [0.25, 0.3) is 5.91 Å². The van der Waals surface area contributed by atoms with Crippen molar-refractivity contribution in [2.24, 2.45) is 5.92 Å². The highest BCUT2D eigenvalue weighted by Gasteiger charge is 2.31.